The van der Waals surface area contributed by atoms with Crippen LogP contribution in [0.4, 0.5) is 5.69 Å². The fourth-order valence-electron chi connectivity index (χ4n) is 1.99. The Bertz CT molecular complexity index is 543. The zero-order valence-electron chi connectivity index (χ0n) is 12.3. The molecule has 8 heteroatoms. The Balaban J connectivity index is 2.86. The molecule has 0 radical (unpaired) electrons. The van der Waals surface area contributed by atoms with Crippen LogP contribution in [0.3, 0.4) is 0 Å². The zero-order valence-corrected chi connectivity index (χ0v) is 13.2. The molecule has 1 aromatic rings. The van der Waals surface area contributed by atoms with E-state index in [9.17, 15) is 8.42 Å². The molecule has 0 spiro atoms. The van der Waals surface area contributed by atoms with Crippen molar-refractivity contribution in [2.24, 2.45) is 11.3 Å². The highest BCUT2D eigenvalue weighted by Crippen LogP contribution is 2.20. The summed E-state index contributed by atoms with van der Waals surface area (Å²) in [5.74, 6) is 5.32. The van der Waals surface area contributed by atoms with Crippen LogP contribution in [0.1, 0.15) is 13.8 Å². The minimum atomic E-state index is -3.65. The summed E-state index contributed by atoms with van der Waals surface area (Å²) in [5.41, 5.74) is 2.50. The van der Waals surface area contributed by atoms with Gasteiger partial charge < -0.3 is 10.3 Å². The van der Waals surface area contributed by atoms with Crippen molar-refractivity contribution in [3.05, 3.63) is 18.5 Å². The smallest absolute Gasteiger partial charge is 0.244 e. The summed E-state index contributed by atoms with van der Waals surface area (Å²) in [6.07, 6.45) is 2.75. The quantitative estimate of drug-likeness (QED) is 0.492. The van der Waals surface area contributed by atoms with Crippen molar-refractivity contribution < 1.29 is 8.42 Å². The van der Waals surface area contributed by atoms with Crippen LogP contribution in [0.15, 0.2) is 23.4 Å². The third kappa shape index (κ3) is 4.71. The highest BCUT2D eigenvalue weighted by molar-refractivity contribution is 7.89. The maximum absolute atomic E-state index is 12.3. The molecule has 114 valence electrons. The number of rotatable bonds is 7. The van der Waals surface area contributed by atoms with Gasteiger partial charge in [-0.15, -0.1) is 0 Å². The van der Waals surface area contributed by atoms with Gasteiger partial charge in [-0.3, -0.25) is 10.8 Å². The molecule has 0 unspecified atom stereocenters. The summed E-state index contributed by atoms with van der Waals surface area (Å²) in [4.78, 5) is 5.89. The topological polar surface area (TPSA) is 100 Å². The van der Waals surface area contributed by atoms with Gasteiger partial charge in [0.05, 0.1) is 5.69 Å². The first-order valence-corrected chi connectivity index (χ1v) is 7.71. The molecule has 1 aromatic heterocycles. The van der Waals surface area contributed by atoms with Gasteiger partial charge in [0.1, 0.15) is 4.90 Å². The van der Waals surface area contributed by atoms with Gasteiger partial charge in [0.15, 0.2) is 0 Å². The molecule has 1 heterocycles. The summed E-state index contributed by atoms with van der Waals surface area (Å²) in [6.45, 7) is 5.10. The van der Waals surface area contributed by atoms with Gasteiger partial charge in [-0.2, -0.15) is 0 Å². The average molecular weight is 301 g/mol. The second-order valence-electron chi connectivity index (χ2n) is 5.74. The summed E-state index contributed by atoms with van der Waals surface area (Å²) < 4.78 is 27.2. The van der Waals surface area contributed by atoms with E-state index in [-0.39, 0.29) is 10.3 Å². The van der Waals surface area contributed by atoms with Crippen LogP contribution in [0.5, 0.6) is 0 Å². The van der Waals surface area contributed by atoms with E-state index < -0.39 is 10.0 Å². The number of pyridine rings is 1. The molecule has 0 aliphatic carbocycles. The Morgan fingerprint density at radius 2 is 2.05 bits per heavy atom. The molecule has 0 saturated heterocycles. The lowest BCUT2D eigenvalue weighted by Gasteiger charge is -2.28. The van der Waals surface area contributed by atoms with Gasteiger partial charge in [-0.1, -0.05) is 13.8 Å². The predicted octanol–water partition coefficient (Wildman–Crippen LogP) is 0.233. The largest absolute Gasteiger partial charge is 0.323 e. The van der Waals surface area contributed by atoms with Crippen molar-refractivity contribution in [3.63, 3.8) is 0 Å². The summed E-state index contributed by atoms with van der Waals surface area (Å²) >= 11 is 0. The molecule has 0 atom stereocenters. The van der Waals surface area contributed by atoms with Crippen molar-refractivity contribution >= 4 is 15.7 Å². The van der Waals surface area contributed by atoms with Crippen LogP contribution < -0.4 is 16.0 Å². The van der Waals surface area contributed by atoms with Crippen molar-refractivity contribution in [2.75, 3.05) is 32.6 Å². The molecule has 0 bridgehead atoms. The van der Waals surface area contributed by atoms with Crippen LogP contribution in [0.2, 0.25) is 0 Å². The highest BCUT2D eigenvalue weighted by Gasteiger charge is 2.24. The lowest BCUT2D eigenvalue weighted by atomic mass is 9.93. The minimum Gasteiger partial charge on any atom is -0.323 e. The second kappa shape index (κ2) is 6.49. The minimum absolute atomic E-state index is 0.0446. The van der Waals surface area contributed by atoms with Gasteiger partial charge in [-0.05, 0) is 25.6 Å². The molecule has 0 amide bonds. The van der Waals surface area contributed by atoms with E-state index in [4.69, 9.17) is 5.84 Å². The van der Waals surface area contributed by atoms with E-state index in [0.29, 0.717) is 12.2 Å². The normalized spacial score (nSPS) is 12.7. The van der Waals surface area contributed by atoms with Gasteiger partial charge in [-0.25, -0.2) is 13.1 Å². The molecule has 0 aliphatic rings. The number of nitrogens with zero attached hydrogens (tertiary/aromatic N) is 2. The number of hydrogen-bond acceptors (Lipinski definition) is 6. The van der Waals surface area contributed by atoms with Crippen LogP contribution in [0.25, 0.3) is 0 Å². The van der Waals surface area contributed by atoms with E-state index in [0.717, 1.165) is 6.54 Å². The Morgan fingerprint density at radius 1 is 1.40 bits per heavy atom. The van der Waals surface area contributed by atoms with Crippen molar-refractivity contribution in [2.45, 2.75) is 18.7 Å². The Labute approximate surface area is 120 Å². The summed E-state index contributed by atoms with van der Waals surface area (Å²) in [6, 6.07) is 1.51. The Kier molecular flexibility index (Phi) is 5.46. The van der Waals surface area contributed by atoms with Gasteiger partial charge in [0.2, 0.25) is 10.0 Å². The highest BCUT2D eigenvalue weighted by atomic mass is 32.2. The van der Waals surface area contributed by atoms with E-state index >= 15 is 0 Å². The third-order valence-corrected chi connectivity index (χ3v) is 4.14. The van der Waals surface area contributed by atoms with Crippen LogP contribution in [-0.4, -0.2) is 45.5 Å². The molecule has 0 aliphatic heterocycles. The fraction of sp³-hybridized carbons (Fsp3) is 0.583. The summed E-state index contributed by atoms with van der Waals surface area (Å²) in [7, 11) is 0.259. The number of nitrogen functional groups attached to an aromatic ring is 1. The van der Waals surface area contributed by atoms with Gasteiger partial charge in [0, 0.05) is 25.5 Å². The maximum atomic E-state index is 12.3. The lowest BCUT2D eigenvalue weighted by Crippen LogP contribution is -2.40. The number of nitrogens with one attached hydrogen (secondary N) is 2. The summed E-state index contributed by atoms with van der Waals surface area (Å²) in [5, 5.41) is 0. The van der Waals surface area contributed by atoms with Gasteiger partial charge in [0.25, 0.3) is 0 Å². The standard InChI is InChI=1S/C12H23N5O2S/c1-12(2,9-17(3)4)8-15-20(18,19)11-7-14-6-5-10(11)16-13/h5-7,15H,8-9,13H2,1-4H3,(H,14,16). The van der Waals surface area contributed by atoms with E-state index in [1.807, 2.05) is 32.8 Å². The molecular weight excluding hydrogens is 278 g/mol. The number of hydrazine groups is 1. The Morgan fingerprint density at radius 3 is 2.60 bits per heavy atom. The zero-order chi connectivity index (χ0) is 15.4. The number of anilines is 1. The molecule has 4 N–H and O–H groups in total. The number of sulfonamides is 1. The SMILES string of the molecule is CN(C)CC(C)(C)CNS(=O)(=O)c1cnccc1NN. The fourth-order valence-corrected chi connectivity index (χ4v) is 3.35. The first-order valence-electron chi connectivity index (χ1n) is 6.23. The molecule has 0 saturated carbocycles. The third-order valence-electron chi connectivity index (χ3n) is 2.71. The molecule has 0 fully saturated rings. The first kappa shape index (κ1) is 16.8. The number of hydrogen-bond donors (Lipinski definition) is 3. The van der Waals surface area contributed by atoms with Crippen molar-refractivity contribution in [3.8, 4) is 0 Å². The molecule has 7 nitrogen and oxygen atoms in total. The number of nitrogens with two attached hydrogens (primary N) is 1. The number of aromatic nitrogens is 1. The predicted molar refractivity (Wildman–Crippen MR) is 79.6 cm³/mol. The Hall–Kier alpha value is -1.22. The lowest BCUT2D eigenvalue weighted by molar-refractivity contribution is 0.242. The monoisotopic (exact) mass is 301 g/mol. The van der Waals surface area contributed by atoms with Crippen molar-refractivity contribution in [1.82, 2.24) is 14.6 Å². The average Bonchev–Trinajstić information content (AvgIpc) is 2.35. The van der Waals surface area contributed by atoms with Crippen molar-refractivity contribution in [1.29, 1.82) is 0 Å². The van der Waals surface area contributed by atoms with E-state index in [1.165, 1.54) is 18.5 Å². The van der Waals surface area contributed by atoms with E-state index in [1.54, 1.807) is 0 Å². The van der Waals surface area contributed by atoms with Crippen LogP contribution in [-0.2, 0) is 10.0 Å². The van der Waals surface area contributed by atoms with Gasteiger partial charge >= 0.3 is 0 Å². The molecule has 1 rings (SSSR count). The van der Waals surface area contributed by atoms with Crippen LogP contribution in [0, 0.1) is 5.41 Å². The molecular formula is C12H23N5O2S. The molecule has 20 heavy (non-hydrogen) atoms. The molecule has 0 aromatic carbocycles. The maximum Gasteiger partial charge on any atom is 0.244 e. The van der Waals surface area contributed by atoms with Crippen LogP contribution >= 0.6 is 0 Å². The van der Waals surface area contributed by atoms with E-state index in [2.05, 4.69) is 15.1 Å². The second-order valence-corrected chi connectivity index (χ2v) is 7.48. The first-order chi connectivity index (χ1) is 9.18.